The van der Waals surface area contributed by atoms with Gasteiger partial charge in [0.05, 0.1) is 17.2 Å². The molecular formula is C16H15BrN4S. The van der Waals surface area contributed by atoms with E-state index in [4.69, 9.17) is 12.2 Å². The molecule has 0 radical (unpaired) electrons. The van der Waals surface area contributed by atoms with Crippen molar-refractivity contribution in [1.82, 2.24) is 15.1 Å². The van der Waals surface area contributed by atoms with Gasteiger partial charge in [0.15, 0.2) is 5.11 Å². The van der Waals surface area contributed by atoms with Crippen molar-refractivity contribution >= 4 is 49.7 Å². The zero-order valence-corrected chi connectivity index (χ0v) is 14.2. The molecule has 4 nitrogen and oxygen atoms in total. The van der Waals surface area contributed by atoms with Crippen molar-refractivity contribution in [2.45, 2.75) is 6.54 Å². The van der Waals surface area contributed by atoms with Gasteiger partial charge in [0.2, 0.25) is 0 Å². The lowest BCUT2D eigenvalue weighted by Gasteiger charge is -2.12. The number of hydrogen-bond acceptors (Lipinski definition) is 2. The maximum Gasteiger partial charge on any atom is 0.170 e. The Bertz CT molecular complexity index is 794. The van der Waals surface area contributed by atoms with Crippen molar-refractivity contribution in [3.05, 3.63) is 59.3 Å². The lowest BCUT2D eigenvalue weighted by molar-refractivity contribution is 0.604. The highest BCUT2D eigenvalue weighted by molar-refractivity contribution is 9.10. The summed E-state index contributed by atoms with van der Waals surface area (Å²) in [5, 5.41) is 13.6. The molecule has 22 heavy (non-hydrogen) atoms. The molecule has 0 aliphatic rings. The number of hydrogen-bond donors (Lipinski definition) is 2. The molecular weight excluding hydrogens is 360 g/mol. The molecule has 0 atom stereocenters. The first-order valence-electron chi connectivity index (χ1n) is 6.93. The van der Waals surface area contributed by atoms with Crippen LogP contribution in [-0.2, 0) is 6.54 Å². The maximum atomic E-state index is 5.36. The Morgan fingerprint density at radius 3 is 2.82 bits per heavy atom. The third-order valence-electron chi connectivity index (χ3n) is 3.27. The van der Waals surface area contributed by atoms with E-state index in [9.17, 15) is 0 Å². The van der Waals surface area contributed by atoms with Crippen LogP contribution in [0.1, 0.15) is 0 Å². The van der Waals surface area contributed by atoms with Crippen LogP contribution in [-0.4, -0.2) is 21.4 Å². The largest absolute Gasteiger partial charge is 0.361 e. The number of anilines is 1. The van der Waals surface area contributed by atoms with Crippen LogP contribution in [0.3, 0.4) is 0 Å². The fraction of sp³-hybridized carbons (Fsp3) is 0.125. The van der Waals surface area contributed by atoms with Crippen LogP contribution in [0.25, 0.3) is 10.8 Å². The molecule has 0 unspecified atom stereocenters. The summed E-state index contributed by atoms with van der Waals surface area (Å²) in [5.74, 6) is 0. The van der Waals surface area contributed by atoms with Crippen molar-refractivity contribution in [2.24, 2.45) is 0 Å². The number of benzene rings is 2. The molecule has 1 heterocycles. The van der Waals surface area contributed by atoms with Gasteiger partial charge in [0, 0.05) is 23.8 Å². The third kappa shape index (κ3) is 3.64. The van der Waals surface area contributed by atoms with E-state index in [1.165, 1.54) is 5.39 Å². The van der Waals surface area contributed by atoms with E-state index < -0.39 is 0 Å². The van der Waals surface area contributed by atoms with Gasteiger partial charge in [-0.3, -0.25) is 4.68 Å². The monoisotopic (exact) mass is 374 g/mol. The number of fused-ring (bicyclic) bond motifs is 1. The highest BCUT2D eigenvalue weighted by atomic mass is 79.9. The molecule has 2 aromatic carbocycles. The smallest absolute Gasteiger partial charge is 0.170 e. The molecule has 6 heteroatoms. The van der Waals surface area contributed by atoms with Gasteiger partial charge in [-0.2, -0.15) is 5.10 Å². The molecule has 0 aliphatic heterocycles. The number of aromatic nitrogens is 2. The molecule has 0 saturated heterocycles. The van der Waals surface area contributed by atoms with Crippen LogP contribution in [0.2, 0.25) is 0 Å². The molecule has 0 aliphatic carbocycles. The summed E-state index contributed by atoms with van der Waals surface area (Å²) in [6.45, 7) is 1.47. The lowest BCUT2D eigenvalue weighted by atomic mass is 10.1. The maximum absolute atomic E-state index is 5.36. The van der Waals surface area contributed by atoms with Crippen molar-refractivity contribution < 1.29 is 0 Å². The average molecular weight is 375 g/mol. The van der Waals surface area contributed by atoms with Gasteiger partial charge in [-0.05, 0) is 39.6 Å². The number of nitrogens with zero attached hydrogens (tertiary/aromatic N) is 2. The number of rotatable bonds is 4. The fourth-order valence-corrected chi connectivity index (χ4v) is 2.79. The third-order valence-corrected chi connectivity index (χ3v) is 3.92. The standard InChI is InChI=1S/C16H15BrN4S/c17-13-10-19-21(11-13)9-8-18-16(22)20-15-7-3-5-12-4-1-2-6-14(12)15/h1-7,10-11H,8-9H2,(H2,18,20,22). The second-order valence-electron chi connectivity index (χ2n) is 4.83. The fourth-order valence-electron chi connectivity index (χ4n) is 2.25. The molecule has 0 spiro atoms. The quantitative estimate of drug-likeness (QED) is 0.681. The Morgan fingerprint density at radius 1 is 1.18 bits per heavy atom. The van der Waals surface area contributed by atoms with E-state index in [1.807, 2.05) is 35.1 Å². The average Bonchev–Trinajstić information content (AvgIpc) is 2.93. The SMILES string of the molecule is S=C(NCCn1cc(Br)cn1)Nc1cccc2ccccc12. The minimum absolute atomic E-state index is 0.613. The van der Waals surface area contributed by atoms with E-state index in [0.29, 0.717) is 11.7 Å². The first kappa shape index (κ1) is 15.0. The first-order valence-corrected chi connectivity index (χ1v) is 8.13. The van der Waals surface area contributed by atoms with Crippen molar-refractivity contribution in [1.29, 1.82) is 0 Å². The summed E-state index contributed by atoms with van der Waals surface area (Å²) in [4.78, 5) is 0. The molecule has 0 amide bonds. The summed E-state index contributed by atoms with van der Waals surface area (Å²) in [5.41, 5.74) is 1.01. The lowest BCUT2D eigenvalue weighted by Crippen LogP contribution is -2.31. The Labute approximate surface area is 142 Å². The Kier molecular flexibility index (Phi) is 4.70. The van der Waals surface area contributed by atoms with E-state index in [0.717, 1.165) is 22.1 Å². The van der Waals surface area contributed by atoms with Crippen LogP contribution in [0.4, 0.5) is 5.69 Å². The second-order valence-corrected chi connectivity index (χ2v) is 6.15. The summed E-state index contributed by atoms with van der Waals surface area (Å²) < 4.78 is 2.83. The van der Waals surface area contributed by atoms with E-state index in [-0.39, 0.29) is 0 Å². The summed E-state index contributed by atoms with van der Waals surface area (Å²) >= 11 is 8.74. The summed E-state index contributed by atoms with van der Waals surface area (Å²) in [7, 11) is 0. The highest BCUT2D eigenvalue weighted by Crippen LogP contribution is 2.22. The molecule has 0 saturated carbocycles. The molecule has 0 fully saturated rings. The summed E-state index contributed by atoms with van der Waals surface area (Å²) in [6, 6.07) is 14.4. The van der Waals surface area contributed by atoms with E-state index in [1.54, 1.807) is 6.20 Å². The van der Waals surface area contributed by atoms with Crippen LogP contribution in [0.15, 0.2) is 59.3 Å². The van der Waals surface area contributed by atoms with Crippen molar-refractivity contribution in [2.75, 3.05) is 11.9 Å². The van der Waals surface area contributed by atoms with Gasteiger partial charge in [-0.25, -0.2) is 0 Å². The predicted octanol–water partition coefficient (Wildman–Crippen LogP) is 3.79. The normalized spacial score (nSPS) is 10.6. The van der Waals surface area contributed by atoms with Gasteiger partial charge < -0.3 is 10.6 Å². The Hall–Kier alpha value is -1.92. The number of thiocarbonyl (C=S) groups is 1. The van der Waals surface area contributed by atoms with Crippen molar-refractivity contribution in [3.63, 3.8) is 0 Å². The predicted molar refractivity (Wildman–Crippen MR) is 98.1 cm³/mol. The van der Waals surface area contributed by atoms with Gasteiger partial charge in [-0.15, -0.1) is 0 Å². The molecule has 112 valence electrons. The molecule has 3 rings (SSSR count). The van der Waals surface area contributed by atoms with Gasteiger partial charge in [0.1, 0.15) is 0 Å². The first-order chi connectivity index (χ1) is 10.7. The van der Waals surface area contributed by atoms with E-state index >= 15 is 0 Å². The Morgan fingerprint density at radius 2 is 2.00 bits per heavy atom. The Balaban J connectivity index is 1.59. The van der Waals surface area contributed by atoms with Crippen LogP contribution >= 0.6 is 28.1 Å². The molecule has 1 aromatic heterocycles. The van der Waals surface area contributed by atoms with Gasteiger partial charge in [0.25, 0.3) is 0 Å². The van der Waals surface area contributed by atoms with Crippen molar-refractivity contribution in [3.8, 4) is 0 Å². The summed E-state index contributed by atoms with van der Waals surface area (Å²) in [6.07, 6.45) is 3.70. The topological polar surface area (TPSA) is 41.9 Å². The van der Waals surface area contributed by atoms with E-state index in [2.05, 4.69) is 49.9 Å². The zero-order chi connectivity index (χ0) is 15.4. The van der Waals surface area contributed by atoms with Crippen LogP contribution in [0, 0.1) is 0 Å². The van der Waals surface area contributed by atoms with Crippen LogP contribution < -0.4 is 10.6 Å². The minimum Gasteiger partial charge on any atom is -0.361 e. The molecule has 2 N–H and O–H groups in total. The van der Waals surface area contributed by atoms with Gasteiger partial charge in [-0.1, -0.05) is 36.4 Å². The number of nitrogens with one attached hydrogen (secondary N) is 2. The highest BCUT2D eigenvalue weighted by Gasteiger charge is 2.02. The van der Waals surface area contributed by atoms with Crippen LogP contribution in [0.5, 0.6) is 0 Å². The zero-order valence-electron chi connectivity index (χ0n) is 11.8. The second kappa shape index (κ2) is 6.89. The minimum atomic E-state index is 0.613. The molecule has 0 bridgehead atoms. The number of halogens is 1. The van der Waals surface area contributed by atoms with Gasteiger partial charge >= 0.3 is 0 Å². The molecule has 3 aromatic rings.